The predicted molar refractivity (Wildman–Crippen MR) is 175 cm³/mol. The van der Waals surface area contributed by atoms with Crippen LogP contribution in [0.25, 0.3) is 32.0 Å². The Kier molecular flexibility index (Phi) is 9.18. The molecule has 2 aliphatic rings. The number of nitrogens with zero attached hydrogens (tertiary/aromatic N) is 4. The van der Waals surface area contributed by atoms with Gasteiger partial charge in [-0.1, -0.05) is 30.3 Å². The maximum absolute atomic E-state index is 12.3. The number of allylic oxidation sites excluding steroid dienone is 2. The fourth-order valence-corrected chi connectivity index (χ4v) is 6.86. The van der Waals surface area contributed by atoms with Gasteiger partial charge in [0.2, 0.25) is 5.91 Å². The van der Waals surface area contributed by atoms with Crippen LogP contribution in [-0.2, 0) is 14.3 Å². The number of anilines is 2. The fraction of sp³-hybridized carbons (Fsp3) is 0.353. The summed E-state index contributed by atoms with van der Waals surface area (Å²) in [6, 6.07) is 18.0. The van der Waals surface area contributed by atoms with E-state index in [-0.39, 0.29) is 36.3 Å². The number of amides is 1. The molecule has 10 heteroatoms. The average Bonchev–Trinajstić information content (AvgIpc) is 3.49. The molecule has 2 fully saturated rings. The number of fused-ring (bicyclic) bond motifs is 1. The molecule has 1 amide bonds. The van der Waals surface area contributed by atoms with Crippen LogP contribution in [0.3, 0.4) is 0 Å². The van der Waals surface area contributed by atoms with Crippen LogP contribution in [0.15, 0.2) is 66.7 Å². The number of benzene rings is 2. The summed E-state index contributed by atoms with van der Waals surface area (Å²) in [6.45, 7) is 6.38. The lowest BCUT2D eigenvalue weighted by atomic mass is 10.0. The van der Waals surface area contributed by atoms with Crippen molar-refractivity contribution >= 4 is 44.7 Å². The zero-order valence-electron chi connectivity index (χ0n) is 24.9. The van der Waals surface area contributed by atoms with Crippen molar-refractivity contribution in [2.45, 2.75) is 38.6 Å². The van der Waals surface area contributed by atoms with Gasteiger partial charge < -0.3 is 25.0 Å². The van der Waals surface area contributed by atoms with Gasteiger partial charge in [-0.3, -0.25) is 9.59 Å². The molecule has 4 heterocycles. The van der Waals surface area contributed by atoms with Gasteiger partial charge in [0, 0.05) is 61.2 Å². The molecule has 6 rings (SSSR count). The molecule has 0 spiro atoms. The Balaban J connectivity index is 1.15. The number of phenolic OH excluding ortho intramolecular Hbond substituents is 1. The van der Waals surface area contributed by atoms with Crippen LogP contribution in [0.5, 0.6) is 5.75 Å². The van der Waals surface area contributed by atoms with E-state index in [0.29, 0.717) is 19.0 Å². The lowest BCUT2D eigenvalue weighted by Gasteiger charge is -2.34. The van der Waals surface area contributed by atoms with E-state index in [9.17, 15) is 14.7 Å². The van der Waals surface area contributed by atoms with Crippen molar-refractivity contribution in [3.8, 4) is 27.6 Å². The fourth-order valence-electron chi connectivity index (χ4n) is 5.75. The predicted octanol–water partition coefficient (Wildman–Crippen LogP) is 5.58. The zero-order chi connectivity index (χ0) is 30.5. The van der Waals surface area contributed by atoms with Crippen LogP contribution in [0.4, 0.5) is 11.5 Å². The SMILES string of the molecule is CC=CC(=O)CCC(=O)NC1CCN(c2ccc(-c3cc4nc(-c5cccc(O)c5)nc(N5CCOCC5)c4s3)cc2)CC1. The number of morpholine rings is 1. The number of hydrogen-bond donors (Lipinski definition) is 2. The summed E-state index contributed by atoms with van der Waals surface area (Å²) in [4.78, 5) is 39.6. The minimum absolute atomic E-state index is 0.0138. The number of carbonyl (C=O) groups is 2. The molecule has 0 saturated carbocycles. The molecule has 0 bridgehead atoms. The lowest BCUT2D eigenvalue weighted by molar-refractivity contribution is -0.124. The summed E-state index contributed by atoms with van der Waals surface area (Å²) in [5.41, 5.74) is 3.95. The Morgan fingerprint density at radius 1 is 0.977 bits per heavy atom. The van der Waals surface area contributed by atoms with Gasteiger partial charge in [-0.15, -0.1) is 11.3 Å². The third-order valence-corrected chi connectivity index (χ3v) is 9.27. The number of thiophene rings is 1. The molecule has 228 valence electrons. The van der Waals surface area contributed by atoms with Crippen molar-refractivity contribution in [2.75, 3.05) is 49.2 Å². The molecule has 2 aromatic carbocycles. The van der Waals surface area contributed by atoms with Crippen LogP contribution < -0.4 is 15.1 Å². The Labute approximate surface area is 261 Å². The number of rotatable bonds is 9. The highest BCUT2D eigenvalue weighted by Crippen LogP contribution is 2.39. The van der Waals surface area contributed by atoms with E-state index in [1.807, 2.05) is 12.1 Å². The smallest absolute Gasteiger partial charge is 0.220 e. The molecular formula is C34H37N5O4S. The third-order valence-electron chi connectivity index (χ3n) is 8.10. The first kappa shape index (κ1) is 29.8. The monoisotopic (exact) mass is 611 g/mol. The maximum atomic E-state index is 12.3. The van der Waals surface area contributed by atoms with Gasteiger partial charge >= 0.3 is 0 Å². The number of ketones is 1. The summed E-state index contributed by atoms with van der Waals surface area (Å²) < 4.78 is 6.64. The van der Waals surface area contributed by atoms with Crippen LogP contribution in [0.2, 0.25) is 0 Å². The number of carbonyl (C=O) groups excluding carboxylic acids is 2. The van der Waals surface area contributed by atoms with Gasteiger partial charge in [0.1, 0.15) is 5.75 Å². The number of aromatic hydroxyl groups is 1. The first-order valence-electron chi connectivity index (χ1n) is 15.2. The molecule has 0 radical (unpaired) electrons. The Bertz CT molecular complexity index is 1650. The van der Waals surface area contributed by atoms with E-state index in [1.54, 1.807) is 36.5 Å². The summed E-state index contributed by atoms with van der Waals surface area (Å²) in [5.74, 6) is 1.62. The topological polar surface area (TPSA) is 108 Å². The molecule has 44 heavy (non-hydrogen) atoms. The summed E-state index contributed by atoms with van der Waals surface area (Å²) in [6.07, 6.45) is 5.45. The molecule has 2 aromatic heterocycles. The minimum Gasteiger partial charge on any atom is -0.508 e. The molecule has 0 atom stereocenters. The number of nitrogens with one attached hydrogen (secondary N) is 1. The van der Waals surface area contributed by atoms with Gasteiger partial charge in [-0.05, 0) is 61.7 Å². The first-order chi connectivity index (χ1) is 21.5. The second-order valence-electron chi connectivity index (χ2n) is 11.2. The number of hydrogen-bond acceptors (Lipinski definition) is 9. The van der Waals surface area contributed by atoms with Gasteiger partial charge in [0.15, 0.2) is 17.4 Å². The van der Waals surface area contributed by atoms with E-state index < -0.39 is 0 Å². The number of ether oxygens (including phenoxy) is 1. The number of piperidine rings is 1. The molecule has 0 aliphatic carbocycles. The van der Waals surface area contributed by atoms with E-state index >= 15 is 0 Å². The second kappa shape index (κ2) is 13.6. The maximum Gasteiger partial charge on any atom is 0.220 e. The molecule has 2 aliphatic heterocycles. The average molecular weight is 612 g/mol. The summed E-state index contributed by atoms with van der Waals surface area (Å²) in [7, 11) is 0. The second-order valence-corrected chi connectivity index (χ2v) is 12.2. The van der Waals surface area contributed by atoms with Gasteiger partial charge in [-0.2, -0.15) is 0 Å². The zero-order valence-corrected chi connectivity index (χ0v) is 25.7. The van der Waals surface area contributed by atoms with Crippen molar-refractivity contribution in [1.29, 1.82) is 0 Å². The highest BCUT2D eigenvalue weighted by Gasteiger charge is 2.23. The summed E-state index contributed by atoms with van der Waals surface area (Å²) >= 11 is 1.70. The standard InChI is InChI=1S/C34H37N5O4S/c1-2-4-27(40)11-12-31(42)35-25-13-15-38(16-14-25)26-9-7-23(8-10-26)30-22-29-32(44-30)34(39-17-19-43-20-18-39)37-33(36-29)24-5-3-6-28(41)21-24/h2-10,21-22,25,41H,11-20H2,1H3,(H,35,42). The Hall–Kier alpha value is -4.28. The number of phenols is 1. The highest BCUT2D eigenvalue weighted by molar-refractivity contribution is 7.22. The van der Waals surface area contributed by atoms with Crippen molar-refractivity contribution in [3.05, 3.63) is 66.7 Å². The molecule has 0 unspecified atom stereocenters. The first-order valence-corrected chi connectivity index (χ1v) is 16.0. The molecule has 2 saturated heterocycles. The van der Waals surface area contributed by atoms with Gasteiger partial charge in [0.25, 0.3) is 0 Å². The van der Waals surface area contributed by atoms with Crippen LogP contribution in [0.1, 0.15) is 32.6 Å². The largest absolute Gasteiger partial charge is 0.508 e. The van der Waals surface area contributed by atoms with Crippen molar-refractivity contribution < 1.29 is 19.4 Å². The van der Waals surface area contributed by atoms with Gasteiger partial charge in [-0.25, -0.2) is 9.97 Å². The third kappa shape index (κ3) is 6.92. The van der Waals surface area contributed by atoms with E-state index in [4.69, 9.17) is 14.7 Å². The van der Waals surface area contributed by atoms with E-state index in [0.717, 1.165) is 76.7 Å². The molecule has 4 aromatic rings. The minimum atomic E-state index is -0.0514. The normalized spacial score (nSPS) is 16.1. The van der Waals surface area contributed by atoms with Gasteiger partial charge in [0.05, 0.1) is 23.4 Å². The van der Waals surface area contributed by atoms with E-state index in [2.05, 4.69) is 45.4 Å². The number of aromatic nitrogens is 2. The van der Waals surface area contributed by atoms with Crippen molar-refractivity contribution in [3.63, 3.8) is 0 Å². The van der Waals surface area contributed by atoms with Crippen molar-refractivity contribution in [2.24, 2.45) is 0 Å². The molecule has 2 N–H and O–H groups in total. The summed E-state index contributed by atoms with van der Waals surface area (Å²) in [5, 5.41) is 13.2. The van der Waals surface area contributed by atoms with Crippen LogP contribution in [-0.4, -0.2) is 72.2 Å². The lowest BCUT2D eigenvalue weighted by Crippen LogP contribution is -2.44. The van der Waals surface area contributed by atoms with Crippen LogP contribution >= 0.6 is 11.3 Å². The highest BCUT2D eigenvalue weighted by atomic mass is 32.1. The Morgan fingerprint density at radius 3 is 2.48 bits per heavy atom. The molecular weight excluding hydrogens is 574 g/mol. The van der Waals surface area contributed by atoms with Crippen molar-refractivity contribution in [1.82, 2.24) is 15.3 Å². The molecule has 9 nitrogen and oxygen atoms in total. The van der Waals surface area contributed by atoms with E-state index in [1.165, 1.54) is 6.08 Å². The van der Waals surface area contributed by atoms with Crippen LogP contribution in [0, 0.1) is 0 Å². The quantitative estimate of drug-likeness (QED) is 0.236. The Morgan fingerprint density at radius 2 is 1.75 bits per heavy atom.